The lowest BCUT2D eigenvalue weighted by molar-refractivity contribution is 0.0694. The minimum atomic E-state index is -3.01. The van der Waals surface area contributed by atoms with Crippen molar-refractivity contribution >= 4 is 15.7 Å². The normalized spacial score (nSPS) is 19.8. The van der Waals surface area contributed by atoms with E-state index in [-0.39, 0.29) is 23.5 Å². The van der Waals surface area contributed by atoms with Gasteiger partial charge in [-0.2, -0.15) is 0 Å². The molecule has 1 heterocycles. The van der Waals surface area contributed by atoms with E-state index >= 15 is 0 Å². The molecule has 0 aromatic heterocycles. The topological polar surface area (TPSA) is 63.7 Å². The molecule has 0 saturated carbocycles. The van der Waals surface area contributed by atoms with Crippen LogP contribution in [0.15, 0.2) is 24.3 Å². The summed E-state index contributed by atoms with van der Waals surface area (Å²) in [7, 11) is -1.46. The summed E-state index contributed by atoms with van der Waals surface area (Å²) < 4.78 is 28.6. The summed E-state index contributed by atoms with van der Waals surface area (Å²) in [5.41, 5.74) is 0.541. The fourth-order valence-electron chi connectivity index (χ4n) is 2.72. The molecular formula is C16H23NO4S. The fraction of sp³-hybridized carbons (Fsp3) is 0.562. The number of amides is 1. The Labute approximate surface area is 132 Å². The molecule has 0 bridgehead atoms. The molecule has 0 radical (unpaired) electrons. The molecule has 1 amide bonds. The molecule has 1 atom stereocenters. The number of methoxy groups -OCH3 is 1. The van der Waals surface area contributed by atoms with Crippen molar-refractivity contribution in [1.29, 1.82) is 0 Å². The van der Waals surface area contributed by atoms with Gasteiger partial charge in [0.15, 0.2) is 9.84 Å². The van der Waals surface area contributed by atoms with E-state index in [0.717, 1.165) is 12.8 Å². The molecule has 1 aliphatic heterocycles. The van der Waals surface area contributed by atoms with E-state index in [9.17, 15) is 13.2 Å². The van der Waals surface area contributed by atoms with Crippen LogP contribution < -0.4 is 4.74 Å². The van der Waals surface area contributed by atoms with Crippen molar-refractivity contribution in [2.24, 2.45) is 0 Å². The molecule has 1 saturated heterocycles. The Hall–Kier alpha value is -1.56. The van der Waals surface area contributed by atoms with E-state index < -0.39 is 9.84 Å². The summed E-state index contributed by atoms with van der Waals surface area (Å²) in [5, 5.41) is 0. The van der Waals surface area contributed by atoms with Gasteiger partial charge in [-0.3, -0.25) is 4.79 Å². The smallest absolute Gasteiger partial charge is 0.254 e. The van der Waals surface area contributed by atoms with Crippen LogP contribution in [0.2, 0.25) is 0 Å². The molecule has 0 aliphatic carbocycles. The van der Waals surface area contributed by atoms with Crippen molar-refractivity contribution in [1.82, 2.24) is 4.90 Å². The van der Waals surface area contributed by atoms with Crippen molar-refractivity contribution in [3.05, 3.63) is 29.8 Å². The van der Waals surface area contributed by atoms with Gasteiger partial charge in [0.05, 0.1) is 18.6 Å². The molecule has 2 rings (SSSR count). The number of nitrogens with zero attached hydrogens (tertiary/aromatic N) is 1. The lowest BCUT2D eigenvalue weighted by Crippen LogP contribution is -2.41. The first kappa shape index (κ1) is 16.8. The zero-order chi connectivity index (χ0) is 16.2. The second kappa shape index (κ2) is 7.13. The highest BCUT2D eigenvalue weighted by molar-refractivity contribution is 7.91. The van der Waals surface area contributed by atoms with Crippen molar-refractivity contribution in [2.75, 3.05) is 25.2 Å². The lowest BCUT2D eigenvalue weighted by Gasteiger charge is -2.28. The van der Waals surface area contributed by atoms with Crippen LogP contribution in [0.3, 0.4) is 0 Å². The van der Waals surface area contributed by atoms with E-state index in [1.54, 1.807) is 36.3 Å². The quantitative estimate of drug-likeness (QED) is 0.804. The molecule has 122 valence electrons. The molecular weight excluding hydrogens is 302 g/mol. The van der Waals surface area contributed by atoms with Gasteiger partial charge in [-0.1, -0.05) is 19.4 Å². The van der Waals surface area contributed by atoms with Gasteiger partial charge < -0.3 is 9.64 Å². The number of ether oxygens (including phenoxy) is 1. The van der Waals surface area contributed by atoms with E-state index in [4.69, 9.17) is 4.74 Å². The van der Waals surface area contributed by atoms with E-state index in [1.165, 1.54) is 0 Å². The van der Waals surface area contributed by atoms with Crippen molar-refractivity contribution in [2.45, 2.75) is 32.2 Å². The summed E-state index contributed by atoms with van der Waals surface area (Å²) >= 11 is 0. The average molecular weight is 325 g/mol. The number of rotatable bonds is 6. The molecule has 1 fully saturated rings. The molecule has 1 aliphatic rings. The van der Waals surface area contributed by atoms with Crippen LogP contribution in [0.1, 0.15) is 36.5 Å². The Kier molecular flexibility index (Phi) is 5.45. The number of hydrogen-bond acceptors (Lipinski definition) is 4. The predicted molar refractivity (Wildman–Crippen MR) is 86.0 cm³/mol. The van der Waals surface area contributed by atoms with E-state index in [0.29, 0.717) is 24.3 Å². The van der Waals surface area contributed by atoms with E-state index in [2.05, 4.69) is 6.92 Å². The zero-order valence-corrected chi connectivity index (χ0v) is 13.9. The summed E-state index contributed by atoms with van der Waals surface area (Å²) in [6.45, 7) is 2.65. The second-order valence-corrected chi connectivity index (χ2v) is 7.87. The van der Waals surface area contributed by atoms with Gasteiger partial charge in [0, 0.05) is 18.2 Å². The maximum atomic E-state index is 12.8. The highest BCUT2D eigenvalue weighted by atomic mass is 32.2. The Bertz CT molecular complexity index is 627. The first-order chi connectivity index (χ1) is 10.5. The number of sulfone groups is 1. The number of benzene rings is 1. The summed E-state index contributed by atoms with van der Waals surface area (Å²) in [6, 6.07) is 6.79. The summed E-state index contributed by atoms with van der Waals surface area (Å²) in [6.07, 6.45) is 2.36. The molecule has 0 spiro atoms. The number of carbonyl (C=O) groups is 1. The third kappa shape index (κ3) is 4.00. The van der Waals surface area contributed by atoms with Crippen molar-refractivity contribution in [3.8, 4) is 5.75 Å². The van der Waals surface area contributed by atoms with Gasteiger partial charge >= 0.3 is 0 Å². The third-order valence-corrected chi connectivity index (χ3v) is 5.73. The van der Waals surface area contributed by atoms with Crippen molar-refractivity contribution < 1.29 is 17.9 Å². The highest BCUT2D eigenvalue weighted by Crippen LogP contribution is 2.22. The van der Waals surface area contributed by atoms with Gasteiger partial charge in [-0.05, 0) is 31.0 Å². The summed E-state index contributed by atoms with van der Waals surface area (Å²) in [5.74, 6) is 0.757. The highest BCUT2D eigenvalue weighted by Gasteiger charge is 2.34. The second-order valence-electron chi connectivity index (χ2n) is 5.64. The fourth-order valence-corrected chi connectivity index (χ4v) is 4.45. The SMILES string of the molecule is CCCCN(C(=O)c1cccc(OC)c1)C1CCS(=O)(=O)C1. The molecule has 6 heteroatoms. The number of carbonyl (C=O) groups excluding carboxylic acids is 1. The minimum absolute atomic E-state index is 0.0758. The Morgan fingerprint density at radius 3 is 2.77 bits per heavy atom. The molecule has 5 nitrogen and oxygen atoms in total. The number of unbranched alkanes of at least 4 members (excludes halogenated alkanes) is 1. The van der Waals surface area contributed by atoms with Gasteiger partial charge in [0.2, 0.25) is 0 Å². The van der Waals surface area contributed by atoms with Crippen LogP contribution in [-0.4, -0.2) is 50.4 Å². The summed E-state index contributed by atoms with van der Waals surface area (Å²) in [4.78, 5) is 14.5. The van der Waals surface area contributed by atoms with Crippen LogP contribution in [0.25, 0.3) is 0 Å². The van der Waals surface area contributed by atoms with Crippen LogP contribution in [-0.2, 0) is 9.84 Å². The lowest BCUT2D eigenvalue weighted by atomic mass is 10.1. The molecule has 0 N–H and O–H groups in total. The molecule has 22 heavy (non-hydrogen) atoms. The van der Waals surface area contributed by atoms with Crippen LogP contribution >= 0.6 is 0 Å². The van der Waals surface area contributed by atoms with Gasteiger partial charge in [-0.25, -0.2) is 8.42 Å². The Morgan fingerprint density at radius 2 is 2.18 bits per heavy atom. The first-order valence-corrected chi connectivity index (χ1v) is 9.44. The zero-order valence-electron chi connectivity index (χ0n) is 13.1. The molecule has 1 aromatic carbocycles. The van der Waals surface area contributed by atoms with Crippen LogP contribution in [0.4, 0.5) is 0 Å². The minimum Gasteiger partial charge on any atom is -0.497 e. The van der Waals surface area contributed by atoms with Crippen LogP contribution in [0, 0.1) is 0 Å². The largest absolute Gasteiger partial charge is 0.497 e. The van der Waals surface area contributed by atoms with Gasteiger partial charge in [-0.15, -0.1) is 0 Å². The average Bonchev–Trinajstić information content (AvgIpc) is 2.87. The third-order valence-electron chi connectivity index (χ3n) is 3.98. The predicted octanol–water partition coefficient (Wildman–Crippen LogP) is 2.12. The van der Waals surface area contributed by atoms with Crippen molar-refractivity contribution in [3.63, 3.8) is 0 Å². The Morgan fingerprint density at radius 1 is 1.41 bits per heavy atom. The van der Waals surface area contributed by atoms with Gasteiger partial charge in [0.1, 0.15) is 5.75 Å². The maximum absolute atomic E-state index is 12.8. The molecule has 1 aromatic rings. The number of hydrogen-bond donors (Lipinski definition) is 0. The maximum Gasteiger partial charge on any atom is 0.254 e. The Balaban J connectivity index is 2.22. The van der Waals surface area contributed by atoms with Crippen LogP contribution in [0.5, 0.6) is 5.75 Å². The standard InChI is InChI=1S/C16H23NO4S/c1-3-4-9-17(14-8-10-22(19,20)12-14)16(18)13-6-5-7-15(11-13)21-2/h5-7,11,14H,3-4,8-10,12H2,1-2H3. The first-order valence-electron chi connectivity index (χ1n) is 7.62. The van der Waals surface area contributed by atoms with E-state index in [1.807, 2.05) is 0 Å². The monoisotopic (exact) mass is 325 g/mol. The van der Waals surface area contributed by atoms with Gasteiger partial charge in [0.25, 0.3) is 5.91 Å². The molecule has 1 unspecified atom stereocenters.